The number of aromatic nitrogens is 1. The van der Waals surface area contributed by atoms with Crippen LogP contribution in [0.3, 0.4) is 0 Å². The molecule has 7 nitrogen and oxygen atoms in total. The zero-order valence-electron chi connectivity index (χ0n) is 17.1. The molecule has 0 fully saturated rings. The van der Waals surface area contributed by atoms with Gasteiger partial charge in [-0.3, -0.25) is 9.59 Å². The molecule has 0 bridgehead atoms. The van der Waals surface area contributed by atoms with Crippen LogP contribution in [-0.4, -0.2) is 17.0 Å². The second-order valence-corrected chi connectivity index (χ2v) is 7.31. The highest BCUT2D eigenvalue weighted by atomic mass is 16.5. The minimum absolute atomic E-state index is 0.0154. The van der Waals surface area contributed by atoms with Crippen molar-refractivity contribution in [2.24, 2.45) is 5.92 Å². The quantitative estimate of drug-likeness (QED) is 0.555. The Balaban J connectivity index is 1.46. The molecule has 0 aliphatic carbocycles. The van der Waals surface area contributed by atoms with Gasteiger partial charge in [-0.2, -0.15) is 0 Å². The number of benzene rings is 2. The number of carbonyl (C=O) groups is 2. The molecule has 0 spiro atoms. The molecule has 0 radical (unpaired) electrons. The van der Waals surface area contributed by atoms with Crippen LogP contribution in [-0.2, 0) is 17.9 Å². The fraction of sp³-hybridized carbons (Fsp3) is 0.261. The topological polar surface area (TPSA) is 93.5 Å². The van der Waals surface area contributed by atoms with E-state index in [1.165, 1.54) is 0 Å². The highest BCUT2D eigenvalue weighted by Crippen LogP contribution is 2.18. The summed E-state index contributed by atoms with van der Waals surface area (Å²) in [5, 5.41) is 9.44. The zero-order chi connectivity index (χ0) is 21.3. The molecular weight excluding hydrogens is 382 g/mol. The van der Waals surface area contributed by atoms with E-state index in [4.69, 9.17) is 9.26 Å². The first-order valence-corrected chi connectivity index (χ1v) is 9.80. The van der Waals surface area contributed by atoms with Gasteiger partial charge in [-0.25, -0.2) is 0 Å². The van der Waals surface area contributed by atoms with Crippen molar-refractivity contribution in [3.05, 3.63) is 77.7 Å². The molecule has 0 saturated carbocycles. The SMILES string of the molecule is CC(C)CC(=O)Nc1ccc(OCc2cc(C(=O)NCc3ccccc3)no2)cc1. The third kappa shape index (κ3) is 6.48. The molecule has 0 aliphatic rings. The molecule has 7 heteroatoms. The lowest BCUT2D eigenvalue weighted by molar-refractivity contribution is -0.116. The van der Waals surface area contributed by atoms with E-state index in [9.17, 15) is 9.59 Å². The van der Waals surface area contributed by atoms with Crippen LogP contribution in [0.1, 0.15) is 42.1 Å². The number of nitrogens with zero attached hydrogens (tertiary/aromatic N) is 1. The highest BCUT2D eigenvalue weighted by molar-refractivity contribution is 5.92. The van der Waals surface area contributed by atoms with Gasteiger partial charge < -0.3 is 19.9 Å². The van der Waals surface area contributed by atoms with E-state index in [-0.39, 0.29) is 24.1 Å². The molecule has 30 heavy (non-hydrogen) atoms. The summed E-state index contributed by atoms with van der Waals surface area (Å²) in [6.07, 6.45) is 0.477. The number of rotatable bonds is 9. The second kappa shape index (κ2) is 10.2. The molecule has 3 rings (SSSR count). The molecule has 0 saturated heterocycles. The van der Waals surface area contributed by atoms with Gasteiger partial charge in [0.25, 0.3) is 5.91 Å². The predicted octanol–water partition coefficient (Wildman–Crippen LogP) is 4.17. The van der Waals surface area contributed by atoms with E-state index in [1.807, 2.05) is 44.2 Å². The van der Waals surface area contributed by atoms with Gasteiger partial charge in [-0.1, -0.05) is 49.3 Å². The van der Waals surface area contributed by atoms with Crippen LogP contribution in [0.2, 0.25) is 0 Å². The Morgan fingerprint density at radius 1 is 1.07 bits per heavy atom. The zero-order valence-corrected chi connectivity index (χ0v) is 17.1. The van der Waals surface area contributed by atoms with Crippen LogP contribution in [0.25, 0.3) is 0 Å². The van der Waals surface area contributed by atoms with Gasteiger partial charge in [-0.15, -0.1) is 0 Å². The summed E-state index contributed by atoms with van der Waals surface area (Å²) in [5.41, 5.74) is 1.92. The molecule has 3 aromatic rings. The van der Waals surface area contributed by atoms with Crippen molar-refractivity contribution in [2.75, 3.05) is 5.32 Å². The van der Waals surface area contributed by atoms with Crippen molar-refractivity contribution in [3.8, 4) is 5.75 Å². The van der Waals surface area contributed by atoms with Crippen molar-refractivity contribution in [1.82, 2.24) is 10.5 Å². The summed E-state index contributed by atoms with van der Waals surface area (Å²) in [6.45, 7) is 4.55. The summed E-state index contributed by atoms with van der Waals surface area (Å²) >= 11 is 0. The van der Waals surface area contributed by atoms with Gasteiger partial charge in [0.15, 0.2) is 11.5 Å². The number of anilines is 1. The van der Waals surface area contributed by atoms with Crippen LogP contribution in [0, 0.1) is 5.92 Å². The van der Waals surface area contributed by atoms with Crippen LogP contribution in [0.15, 0.2) is 65.2 Å². The molecule has 0 atom stereocenters. The molecule has 2 N–H and O–H groups in total. The lowest BCUT2D eigenvalue weighted by Gasteiger charge is -2.08. The maximum Gasteiger partial charge on any atom is 0.273 e. The summed E-state index contributed by atoms with van der Waals surface area (Å²) in [4.78, 5) is 24.0. The van der Waals surface area contributed by atoms with Crippen molar-refractivity contribution in [1.29, 1.82) is 0 Å². The third-order valence-electron chi connectivity index (χ3n) is 4.20. The molecule has 2 amide bonds. The monoisotopic (exact) mass is 407 g/mol. The lowest BCUT2D eigenvalue weighted by Crippen LogP contribution is -2.22. The number of ether oxygens (including phenoxy) is 1. The highest BCUT2D eigenvalue weighted by Gasteiger charge is 2.13. The molecule has 156 valence electrons. The fourth-order valence-corrected chi connectivity index (χ4v) is 2.73. The summed E-state index contributed by atoms with van der Waals surface area (Å²) in [7, 11) is 0. The summed E-state index contributed by atoms with van der Waals surface area (Å²) in [5.74, 6) is 1.03. The maximum atomic E-state index is 12.2. The summed E-state index contributed by atoms with van der Waals surface area (Å²) in [6, 6.07) is 18.2. The Morgan fingerprint density at radius 2 is 1.80 bits per heavy atom. The van der Waals surface area contributed by atoms with E-state index in [2.05, 4.69) is 15.8 Å². The molecule has 0 aliphatic heterocycles. The number of amides is 2. The van der Waals surface area contributed by atoms with Gasteiger partial charge >= 0.3 is 0 Å². The minimum atomic E-state index is -0.310. The number of hydrogen-bond acceptors (Lipinski definition) is 5. The van der Waals surface area contributed by atoms with E-state index in [0.717, 1.165) is 5.56 Å². The average Bonchev–Trinajstić information content (AvgIpc) is 3.21. The minimum Gasteiger partial charge on any atom is -0.486 e. The van der Waals surface area contributed by atoms with E-state index in [0.29, 0.717) is 36.1 Å². The molecule has 2 aromatic carbocycles. The van der Waals surface area contributed by atoms with Crippen LogP contribution in [0.4, 0.5) is 5.69 Å². The van der Waals surface area contributed by atoms with Crippen LogP contribution in [0.5, 0.6) is 5.75 Å². The Bertz CT molecular complexity index is 966. The lowest BCUT2D eigenvalue weighted by atomic mass is 10.1. The van der Waals surface area contributed by atoms with Crippen molar-refractivity contribution >= 4 is 17.5 Å². The first kappa shape index (κ1) is 21.1. The van der Waals surface area contributed by atoms with Crippen molar-refractivity contribution < 1.29 is 18.8 Å². The van der Waals surface area contributed by atoms with Crippen LogP contribution < -0.4 is 15.4 Å². The standard InChI is InChI=1S/C23H25N3O4/c1-16(2)12-22(27)25-18-8-10-19(11-9-18)29-15-20-13-21(26-30-20)23(28)24-14-17-6-4-3-5-7-17/h3-11,13,16H,12,14-15H2,1-2H3,(H,24,28)(H,25,27). The Labute approximate surface area is 175 Å². The number of hydrogen-bond donors (Lipinski definition) is 2. The number of nitrogens with one attached hydrogen (secondary N) is 2. The third-order valence-corrected chi connectivity index (χ3v) is 4.20. The van der Waals surface area contributed by atoms with Crippen molar-refractivity contribution in [2.45, 2.75) is 33.4 Å². The van der Waals surface area contributed by atoms with Crippen molar-refractivity contribution in [3.63, 3.8) is 0 Å². The normalized spacial score (nSPS) is 10.6. The van der Waals surface area contributed by atoms with Gasteiger partial charge in [0.1, 0.15) is 12.4 Å². The summed E-state index contributed by atoms with van der Waals surface area (Å²) < 4.78 is 10.8. The van der Waals surface area contributed by atoms with E-state index < -0.39 is 0 Å². The molecular formula is C23H25N3O4. The smallest absolute Gasteiger partial charge is 0.273 e. The first-order valence-electron chi connectivity index (χ1n) is 9.80. The molecule has 1 aromatic heterocycles. The Morgan fingerprint density at radius 3 is 2.50 bits per heavy atom. The number of carbonyl (C=O) groups excluding carboxylic acids is 2. The largest absolute Gasteiger partial charge is 0.486 e. The molecule has 1 heterocycles. The van der Waals surface area contributed by atoms with E-state index in [1.54, 1.807) is 30.3 Å². The maximum absolute atomic E-state index is 12.2. The van der Waals surface area contributed by atoms with Crippen LogP contribution >= 0.6 is 0 Å². The van der Waals surface area contributed by atoms with Gasteiger partial charge in [0.05, 0.1) is 0 Å². The average molecular weight is 407 g/mol. The first-order chi connectivity index (χ1) is 14.5. The predicted molar refractivity (Wildman–Crippen MR) is 113 cm³/mol. The van der Waals surface area contributed by atoms with E-state index >= 15 is 0 Å². The van der Waals surface area contributed by atoms with Gasteiger partial charge in [0.2, 0.25) is 5.91 Å². The second-order valence-electron chi connectivity index (χ2n) is 7.31. The fourth-order valence-electron chi connectivity index (χ4n) is 2.73. The Kier molecular flexibility index (Phi) is 7.21. The Hall–Kier alpha value is -3.61. The van der Waals surface area contributed by atoms with Gasteiger partial charge in [-0.05, 0) is 35.7 Å². The van der Waals surface area contributed by atoms with Gasteiger partial charge in [0, 0.05) is 24.7 Å². The molecule has 0 unspecified atom stereocenters.